The van der Waals surface area contributed by atoms with E-state index in [-0.39, 0.29) is 5.41 Å². The third-order valence-corrected chi connectivity index (χ3v) is 6.18. The number of alkyl halides is 3. The van der Waals surface area contributed by atoms with Gasteiger partial charge in [-0.05, 0) is 61.2 Å². The number of hydrogen-bond acceptors (Lipinski definition) is 0. The molecule has 3 heteroatoms. The first kappa shape index (κ1) is 18.1. The first-order chi connectivity index (χ1) is 9.85. The van der Waals surface area contributed by atoms with Crippen molar-refractivity contribution in [3.8, 4) is 0 Å². The molecule has 0 aromatic rings. The van der Waals surface area contributed by atoms with Gasteiger partial charge in [-0.3, -0.25) is 0 Å². The maximum absolute atomic E-state index is 13.2. The van der Waals surface area contributed by atoms with Gasteiger partial charge in [-0.25, -0.2) is 0 Å². The van der Waals surface area contributed by atoms with E-state index in [9.17, 15) is 13.2 Å². The monoisotopic (exact) mass is 318 g/mol. The van der Waals surface area contributed by atoms with Crippen LogP contribution in [-0.4, -0.2) is 6.18 Å². The summed E-state index contributed by atoms with van der Waals surface area (Å²) in [5.41, 5.74) is -1.17. The lowest BCUT2D eigenvalue weighted by atomic mass is 9.66. The van der Waals surface area contributed by atoms with Gasteiger partial charge < -0.3 is 0 Å². The first-order valence-electron chi connectivity index (χ1n) is 8.91. The molecule has 0 unspecified atom stereocenters. The molecular weight excluding hydrogens is 285 g/mol. The average molecular weight is 318 g/mol. The van der Waals surface area contributed by atoms with Crippen molar-refractivity contribution in [2.24, 2.45) is 28.1 Å². The molecule has 2 rings (SSSR count). The summed E-state index contributed by atoms with van der Waals surface area (Å²) in [7, 11) is 0. The van der Waals surface area contributed by atoms with E-state index in [0.29, 0.717) is 30.6 Å². The van der Waals surface area contributed by atoms with Crippen LogP contribution in [0, 0.1) is 28.1 Å². The summed E-state index contributed by atoms with van der Waals surface area (Å²) in [5.74, 6) is 1.40. The number of hydrogen-bond donors (Lipinski definition) is 0. The van der Waals surface area contributed by atoms with E-state index in [0.717, 1.165) is 12.3 Å². The van der Waals surface area contributed by atoms with Gasteiger partial charge in [-0.1, -0.05) is 47.5 Å². The molecule has 0 saturated heterocycles. The molecule has 130 valence electrons. The van der Waals surface area contributed by atoms with E-state index in [2.05, 4.69) is 34.6 Å². The van der Waals surface area contributed by atoms with Crippen molar-refractivity contribution in [1.82, 2.24) is 0 Å². The lowest BCUT2D eigenvalue weighted by Crippen LogP contribution is -2.32. The Bertz CT molecular complexity index is 374. The molecule has 2 fully saturated rings. The lowest BCUT2D eigenvalue weighted by molar-refractivity contribution is -0.196. The van der Waals surface area contributed by atoms with E-state index in [1.165, 1.54) is 25.7 Å². The van der Waals surface area contributed by atoms with Crippen LogP contribution in [0.4, 0.5) is 13.2 Å². The predicted octanol–water partition coefficient (Wildman–Crippen LogP) is 6.99. The van der Waals surface area contributed by atoms with Gasteiger partial charge in [0.25, 0.3) is 0 Å². The van der Waals surface area contributed by atoms with Crippen molar-refractivity contribution in [2.45, 2.75) is 92.2 Å². The third-order valence-electron chi connectivity index (χ3n) is 6.18. The summed E-state index contributed by atoms with van der Waals surface area (Å²) in [5, 5.41) is 0. The standard InChI is InChI=1S/C19H33F3/c1-16(2,3)15-8-6-14(7-9-15)12-17(4,5)13-18(10-11-18)19(20,21)22/h14-15H,6-13H2,1-5H3. The van der Waals surface area contributed by atoms with Crippen LogP contribution >= 0.6 is 0 Å². The van der Waals surface area contributed by atoms with Crippen molar-refractivity contribution < 1.29 is 13.2 Å². The lowest BCUT2D eigenvalue weighted by Gasteiger charge is -2.40. The molecule has 2 aliphatic rings. The first-order valence-corrected chi connectivity index (χ1v) is 8.91. The zero-order valence-electron chi connectivity index (χ0n) is 14.9. The molecule has 0 atom stereocenters. The van der Waals surface area contributed by atoms with E-state index in [1.54, 1.807) is 0 Å². The van der Waals surface area contributed by atoms with Gasteiger partial charge in [0.1, 0.15) is 0 Å². The third kappa shape index (κ3) is 4.20. The van der Waals surface area contributed by atoms with E-state index >= 15 is 0 Å². The van der Waals surface area contributed by atoms with Crippen molar-refractivity contribution in [3.05, 3.63) is 0 Å². The Hall–Kier alpha value is -0.210. The van der Waals surface area contributed by atoms with Gasteiger partial charge in [0, 0.05) is 0 Å². The summed E-state index contributed by atoms with van der Waals surface area (Å²) in [4.78, 5) is 0. The Balaban J connectivity index is 1.86. The SMILES string of the molecule is CC(C)(CC1CCC(C(C)(C)C)CC1)CC1(C(F)(F)F)CC1. The van der Waals surface area contributed by atoms with Crippen LogP contribution in [0.15, 0.2) is 0 Å². The summed E-state index contributed by atoms with van der Waals surface area (Å²) in [6, 6.07) is 0. The van der Waals surface area contributed by atoms with Crippen molar-refractivity contribution in [3.63, 3.8) is 0 Å². The topological polar surface area (TPSA) is 0 Å². The summed E-state index contributed by atoms with van der Waals surface area (Å²) < 4.78 is 39.6. The quantitative estimate of drug-likeness (QED) is 0.524. The van der Waals surface area contributed by atoms with E-state index < -0.39 is 11.6 Å². The average Bonchev–Trinajstić information content (AvgIpc) is 3.07. The highest BCUT2D eigenvalue weighted by Gasteiger charge is 2.64. The summed E-state index contributed by atoms with van der Waals surface area (Å²) in [6.07, 6.45) is 2.85. The molecule has 22 heavy (non-hydrogen) atoms. The highest BCUT2D eigenvalue weighted by atomic mass is 19.4. The molecule has 0 radical (unpaired) electrons. The zero-order valence-corrected chi connectivity index (χ0v) is 14.9. The van der Waals surface area contributed by atoms with Gasteiger partial charge in [0.05, 0.1) is 5.41 Å². The second-order valence-electron chi connectivity index (χ2n) is 9.91. The Kier molecular flexibility index (Phi) is 4.70. The van der Waals surface area contributed by atoms with Crippen molar-refractivity contribution in [1.29, 1.82) is 0 Å². The van der Waals surface area contributed by atoms with Crippen LogP contribution in [0.5, 0.6) is 0 Å². The second-order valence-corrected chi connectivity index (χ2v) is 9.91. The van der Waals surface area contributed by atoms with Crippen LogP contribution in [-0.2, 0) is 0 Å². The second kappa shape index (κ2) is 5.70. The minimum absolute atomic E-state index is 0.189. The normalized spacial score (nSPS) is 29.5. The minimum atomic E-state index is -4.01. The number of halogens is 3. The smallest absolute Gasteiger partial charge is 0.171 e. The van der Waals surface area contributed by atoms with Gasteiger partial charge >= 0.3 is 6.18 Å². The van der Waals surface area contributed by atoms with Gasteiger partial charge in [-0.2, -0.15) is 13.2 Å². The molecular formula is C19H33F3. The highest BCUT2D eigenvalue weighted by Crippen LogP contribution is 2.63. The molecule has 0 amide bonds. The van der Waals surface area contributed by atoms with Crippen LogP contribution in [0.3, 0.4) is 0 Å². The molecule has 0 spiro atoms. The minimum Gasteiger partial charge on any atom is -0.171 e. The van der Waals surface area contributed by atoms with Crippen molar-refractivity contribution in [2.75, 3.05) is 0 Å². The summed E-state index contributed by atoms with van der Waals surface area (Å²) in [6.45, 7) is 11.0. The fourth-order valence-electron chi connectivity index (χ4n) is 4.71. The van der Waals surface area contributed by atoms with Gasteiger partial charge in [0.15, 0.2) is 0 Å². The van der Waals surface area contributed by atoms with Crippen molar-refractivity contribution >= 4 is 0 Å². The highest BCUT2D eigenvalue weighted by molar-refractivity contribution is 5.02. The van der Waals surface area contributed by atoms with Crippen LogP contribution in [0.1, 0.15) is 86.0 Å². The molecule has 0 N–H and O–H groups in total. The molecule has 0 aliphatic heterocycles. The zero-order chi connectivity index (χ0) is 16.8. The Morgan fingerprint density at radius 1 is 0.864 bits per heavy atom. The Morgan fingerprint density at radius 3 is 1.73 bits per heavy atom. The largest absolute Gasteiger partial charge is 0.394 e. The van der Waals surface area contributed by atoms with Gasteiger partial charge in [0.2, 0.25) is 0 Å². The molecule has 0 heterocycles. The Labute approximate surface area is 134 Å². The predicted molar refractivity (Wildman–Crippen MR) is 85.6 cm³/mol. The molecule has 0 nitrogen and oxygen atoms in total. The van der Waals surface area contributed by atoms with E-state index in [4.69, 9.17) is 0 Å². The van der Waals surface area contributed by atoms with Crippen LogP contribution in [0.2, 0.25) is 0 Å². The molecule has 2 aliphatic carbocycles. The molecule has 0 aromatic carbocycles. The maximum atomic E-state index is 13.2. The maximum Gasteiger partial charge on any atom is 0.394 e. The molecule has 2 saturated carbocycles. The van der Waals surface area contributed by atoms with E-state index in [1.807, 2.05) is 0 Å². The molecule has 0 aromatic heterocycles. The van der Waals surface area contributed by atoms with Crippen LogP contribution in [0.25, 0.3) is 0 Å². The fourth-order valence-corrected chi connectivity index (χ4v) is 4.71. The van der Waals surface area contributed by atoms with Crippen LogP contribution < -0.4 is 0 Å². The van der Waals surface area contributed by atoms with Gasteiger partial charge in [-0.15, -0.1) is 0 Å². The fraction of sp³-hybridized carbons (Fsp3) is 1.00. The summed E-state index contributed by atoms with van der Waals surface area (Å²) >= 11 is 0. The number of rotatable bonds is 4. The molecule has 0 bridgehead atoms. The Morgan fingerprint density at radius 2 is 1.36 bits per heavy atom.